The Bertz CT molecular complexity index is 1470. The minimum atomic E-state index is -3.46. The lowest BCUT2D eigenvalue weighted by Gasteiger charge is -2.28. The average Bonchev–Trinajstić information content (AvgIpc) is 2.99. The molecule has 3 amide bonds. The molecule has 2 unspecified atom stereocenters. The molecule has 1 fully saturated rings. The molecule has 0 heterocycles. The molecule has 2 aromatic carbocycles. The Morgan fingerprint density at radius 1 is 1.07 bits per heavy atom. The van der Waals surface area contributed by atoms with Crippen LogP contribution in [0, 0.1) is 5.92 Å². The number of nitrogens with zero attached hydrogens (tertiary/aromatic N) is 1. The van der Waals surface area contributed by atoms with Crippen LogP contribution >= 0.6 is 0 Å². The van der Waals surface area contributed by atoms with Gasteiger partial charge in [0.15, 0.2) is 9.84 Å². The van der Waals surface area contributed by atoms with E-state index >= 15 is 0 Å². The molecular formula is C31H36FN3O6S. The van der Waals surface area contributed by atoms with Crippen molar-refractivity contribution >= 4 is 39.1 Å². The molecule has 0 aromatic heterocycles. The summed E-state index contributed by atoms with van der Waals surface area (Å²) in [6.45, 7) is -0.359. The minimum absolute atomic E-state index is 0.0947. The number of aliphatic carboxylic acids is 1. The summed E-state index contributed by atoms with van der Waals surface area (Å²) < 4.78 is 37.4. The molecule has 11 heteroatoms. The smallest absolute Gasteiger partial charge is 0.340 e. The standard InChI is InChI=1S/C31H36FN3O6S/c1-42(40,41)27-9-5-8-25(18-27)34-31(39)35(26-16-14-23(15-17-26)22-6-3-2-4-7-22)20-21-10-12-24(13-11-21)29(36)33-19-28(32)30(37)38/h5,8-10,12-18,21-22,28H,2-4,6-7,11,19-20H2,1H3,(H,33,36)(H,34,39)(H,37,38). The third-order valence-corrected chi connectivity index (χ3v) is 8.73. The van der Waals surface area contributed by atoms with E-state index in [-0.39, 0.29) is 22.9 Å². The minimum Gasteiger partial charge on any atom is -0.479 e. The second-order valence-corrected chi connectivity index (χ2v) is 12.8. The fourth-order valence-electron chi connectivity index (χ4n) is 5.24. The lowest BCUT2D eigenvalue weighted by atomic mass is 9.84. The number of hydrogen-bond acceptors (Lipinski definition) is 5. The summed E-state index contributed by atoms with van der Waals surface area (Å²) in [5.74, 6) is -1.86. The Labute approximate surface area is 245 Å². The molecule has 2 atom stereocenters. The number of carboxylic acid groups (broad SMARTS) is 1. The predicted molar refractivity (Wildman–Crippen MR) is 159 cm³/mol. The van der Waals surface area contributed by atoms with Gasteiger partial charge in [-0.3, -0.25) is 9.69 Å². The molecule has 4 rings (SSSR count). The quantitative estimate of drug-likeness (QED) is 0.344. The first-order chi connectivity index (χ1) is 20.0. The van der Waals surface area contributed by atoms with Crippen LogP contribution in [0.2, 0.25) is 0 Å². The number of amides is 3. The highest BCUT2D eigenvalue weighted by molar-refractivity contribution is 7.90. The molecule has 0 aliphatic heterocycles. The summed E-state index contributed by atoms with van der Waals surface area (Å²) in [6, 6.07) is 13.6. The number of carbonyl (C=O) groups is 3. The SMILES string of the molecule is CS(=O)(=O)c1cccc(NC(=O)N(CC2C=CC(C(=O)NCC(F)C(=O)O)=CC2)c2ccc(C3CCCCC3)cc2)c1. The van der Waals surface area contributed by atoms with Gasteiger partial charge in [-0.25, -0.2) is 22.4 Å². The Morgan fingerprint density at radius 2 is 1.79 bits per heavy atom. The van der Waals surface area contributed by atoms with Crippen LogP contribution in [0.5, 0.6) is 0 Å². The Kier molecular flexibility index (Phi) is 10.2. The van der Waals surface area contributed by atoms with Gasteiger partial charge in [-0.1, -0.05) is 55.7 Å². The zero-order chi connectivity index (χ0) is 30.3. The van der Waals surface area contributed by atoms with Crippen LogP contribution in [0.4, 0.5) is 20.6 Å². The maximum absolute atomic E-state index is 13.6. The van der Waals surface area contributed by atoms with Crippen molar-refractivity contribution in [3.05, 3.63) is 77.9 Å². The van der Waals surface area contributed by atoms with E-state index in [1.807, 2.05) is 12.1 Å². The van der Waals surface area contributed by atoms with E-state index in [0.717, 1.165) is 19.1 Å². The number of hydrogen-bond donors (Lipinski definition) is 3. The molecule has 42 heavy (non-hydrogen) atoms. The highest BCUT2D eigenvalue weighted by atomic mass is 32.2. The number of urea groups is 1. The van der Waals surface area contributed by atoms with Crippen LogP contribution in [-0.2, 0) is 19.4 Å². The average molecular weight is 598 g/mol. The molecule has 9 nitrogen and oxygen atoms in total. The number of anilines is 2. The maximum Gasteiger partial charge on any atom is 0.340 e. The summed E-state index contributed by atoms with van der Waals surface area (Å²) in [4.78, 5) is 38.3. The molecule has 1 saturated carbocycles. The van der Waals surface area contributed by atoms with E-state index in [1.165, 1.54) is 37.0 Å². The first-order valence-corrected chi connectivity index (χ1v) is 15.9. The monoisotopic (exact) mass is 597 g/mol. The zero-order valence-corrected chi connectivity index (χ0v) is 24.3. The van der Waals surface area contributed by atoms with Crippen molar-refractivity contribution in [3.8, 4) is 0 Å². The molecule has 0 saturated heterocycles. The fraction of sp³-hybridized carbons (Fsp3) is 0.387. The van der Waals surface area contributed by atoms with E-state index in [4.69, 9.17) is 5.11 Å². The van der Waals surface area contributed by atoms with E-state index in [1.54, 1.807) is 35.3 Å². The largest absolute Gasteiger partial charge is 0.479 e. The summed E-state index contributed by atoms with van der Waals surface area (Å²) in [5.41, 5.74) is 2.55. The first-order valence-electron chi connectivity index (χ1n) is 14.0. The second kappa shape index (κ2) is 13.8. The van der Waals surface area contributed by atoms with E-state index in [0.29, 0.717) is 23.7 Å². The molecule has 0 spiro atoms. The number of benzene rings is 2. The highest BCUT2D eigenvalue weighted by Crippen LogP contribution is 2.34. The molecule has 0 radical (unpaired) electrons. The third kappa shape index (κ3) is 8.28. The van der Waals surface area contributed by atoms with Gasteiger partial charge in [0.25, 0.3) is 5.91 Å². The molecule has 0 bridgehead atoms. The summed E-state index contributed by atoms with van der Waals surface area (Å²) in [5, 5.41) is 13.8. The fourth-order valence-corrected chi connectivity index (χ4v) is 5.90. The molecule has 2 aliphatic carbocycles. The van der Waals surface area contributed by atoms with Crippen molar-refractivity contribution in [1.29, 1.82) is 0 Å². The maximum atomic E-state index is 13.6. The number of allylic oxidation sites excluding steroid dienone is 1. The van der Waals surface area contributed by atoms with E-state index in [9.17, 15) is 27.2 Å². The highest BCUT2D eigenvalue weighted by Gasteiger charge is 2.24. The summed E-state index contributed by atoms with van der Waals surface area (Å²) in [6.07, 6.45) is 10.4. The van der Waals surface area contributed by atoms with Gasteiger partial charge in [-0.2, -0.15) is 0 Å². The van der Waals surface area contributed by atoms with Crippen molar-refractivity contribution in [2.75, 3.05) is 29.6 Å². The number of rotatable bonds is 10. The lowest BCUT2D eigenvalue weighted by Crippen LogP contribution is -2.39. The molecular weight excluding hydrogens is 561 g/mol. The van der Waals surface area contributed by atoms with Gasteiger partial charge < -0.3 is 15.7 Å². The van der Waals surface area contributed by atoms with Crippen LogP contribution < -0.4 is 15.5 Å². The van der Waals surface area contributed by atoms with Gasteiger partial charge in [-0.05, 0) is 67.0 Å². The zero-order valence-electron chi connectivity index (χ0n) is 23.5. The third-order valence-electron chi connectivity index (χ3n) is 7.62. The number of carboxylic acids is 1. The first kappa shape index (κ1) is 31.0. The van der Waals surface area contributed by atoms with Gasteiger partial charge in [0.1, 0.15) is 0 Å². The van der Waals surface area contributed by atoms with Crippen LogP contribution in [-0.4, -0.2) is 56.9 Å². The van der Waals surface area contributed by atoms with E-state index < -0.39 is 40.5 Å². The Hall–Kier alpha value is -3.99. The Balaban J connectivity index is 1.50. The number of carbonyl (C=O) groups excluding carboxylic acids is 2. The summed E-state index contributed by atoms with van der Waals surface area (Å²) in [7, 11) is -3.46. The number of nitrogens with one attached hydrogen (secondary N) is 2. The van der Waals surface area contributed by atoms with Gasteiger partial charge in [-0.15, -0.1) is 0 Å². The van der Waals surface area contributed by atoms with Gasteiger partial charge in [0.05, 0.1) is 11.4 Å². The number of alkyl halides is 1. The summed E-state index contributed by atoms with van der Waals surface area (Å²) >= 11 is 0. The normalized spacial score (nSPS) is 18.0. The van der Waals surface area contributed by atoms with Gasteiger partial charge >= 0.3 is 12.0 Å². The molecule has 3 N–H and O–H groups in total. The van der Waals surface area contributed by atoms with Crippen LogP contribution in [0.25, 0.3) is 0 Å². The van der Waals surface area contributed by atoms with Gasteiger partial charge in [0.2, 0.25) is 6.17 Å². The van der Waals surface area contributed by atoms with Crippen molar-refractivity contribution in [2.24, 2.45) is 5.92 Å². The van der Waals surface area contributed by atoms with Crippen LogP contribution in [0.15, 0.2) is 77.2 Å². The van der Waals surface area contributed by atoms with Crippen molar-refractivity contribution < 1.29 is 32.3 Å². The molecule has 2 aliphatic rings. The second-order valence-electron chi connectivity index (χ2n) is 10.8. The molecule has 224 valence electrons. The van der Waals surface area contributed by atoms with Gasteiger partial charge in [0, 0.05) is 29.7 Å². The number of sulfone groups is 1. The topological polar surface area (TPSA) is 133 Å². The van der Waals surface area contributed by atoms with Crippen molar-refractivity contribution in [3.63, 3.8) is 0 Å². The molecule has 2 aromatic rings. The van der Waals surface area contributed by atoms with E-state index in [2.05, 4.69) is 22.8 Å². The Morgan fingerprint density at radius 3 is 2.40 bits per heavy atom. The number of halogens is 1. The van der Waals surface area contributed by atoms with Crippen LogP contribution in [0.3, 0.4) is 0 Å². The van der Waals surface area contributed by atoms with Crippen LogP contribution in [0.1, 0.15) is 50.0 Å². The lowest BCUT2D eigenvalue weighted by molar-refractivity contribution is -0.142. The van der Waals surface area contributed by atoms with Crippen molar-refractivity contribution in [2.45, 2.75) is 55.5 Å². The predicted octanol–water partition coefficient (Wildman–Crippen LogP) is 5.22. The van der Waals surface area contributed by atoms with Crippen molar-refractivity contribution in [1.82, 2.24) is 5.32 Å².